The number of fused-ring (bicyclic) bond motifs is 1. The number of nitrogens with zero attached hydrogens (tertiary/aromatic N) is 2. The van der Waals surface area contributed by atoms with Crippen LogP contribution in [0.1, 0.15) is 49.5 Å². The summed E-state index contributed by atoms with van der Waals surface area (Å²) in [7, 11) is -1.84. The van der Waals surface area contributed by atoms with Crippen molar-refractivity contribution in [3.63, 3.8) is 0 Å². The summed E-state index contributed by atoms with van der Waals surface area (Å²) in [6.07, 6.45) is 5.77. The molecular weight excluding hydrogens is 505 g/mol. The zero-order chi connectivity index (χ0) is 25.9. The number of anilines is 2. The third-order valence-electron chi connectivity index (χ3n) is 6.14. The van der Waals surface area contributed by atoms with E-state index in [4.69, 9.17) is 14.0 Å². The van der Waals surface area contributed by atoms with E-state index < -0.39 is 21.7 Å². The second kappa shape index (κ2) is 11.0. The van der Waals surface area contributed by atoms with Crippen molar-refractivity contribution in [3.8, 4) is 5.88 Å². The average Bonchev–Trinajstić information content (AvgIpc) is 3.59. The molecule has 2 aromatic rings. The number of benzene rings is 1. The lowest BCUT2D eigenvalue weighted by Crippen LogP contribution is -2.33. The minimum atomic E-state index is -1.84. The van der Waals surface area contributed by atoms with Gasteiger partial charge in [0.05, 0.1) is 36.2 Å². The Morgan fingerprint density at radius 2 is 2.03 bits per heavy atom. The van der Waals surface area contributed by atoms with Crippen LogP contribution in [0.3, 0.4) is 0 Å². The van der Waals surface area contributed by atoms with Crippen LogP contribution in [0.4, 0.5) is 15.8 Å². The lowest BCUT2D eigenvalue weighted by Gasteiger charge is -2.27. The Morgan fingerprint density at radius 1 is 1.28 bits per heavy atom. The van der Waals surface area contributed by atoms with Gasteiger partial charge in [-0.1, -0.05) is 0 Å². The molecular formula is C25H32FN3O5S2. The maximum atomic E-state index is 14.7. The Labute approximate surface area is 216 Å². The summed E-state index contributed by atoms with van der Waals surface area (Å²) < 4.78 is 28.2. The fourth-order valence-electron chi connectivity index (χ4n) is 4.12. The van der Waals surface area contributed by atoms with Gasteiger partial charge in [-0.3, -0.25) is 19.2 Å². The molecule has 4 heterocycles. The summed E-state index contributed by atoms with van der Waals surface area (Å²) in [5.41, 5.74) is 0.620. The monoisotopic (exact) mass is 537 g/mol. The van der Waals surface area contributed by atoms with Crippen molar-refractivity contribution in [1.82, 2.24) is 9.71 Å². The first-order valence-corrected chi connectivity index (χ1v) is 15.2. The topological polar surface area (TPSA) is 90.0 Å². The maximum absolute atomic E-state index is 14.7. The second-order valence-corrected chi connectivity index (χ2v) is 13.2. The van der Waals surface area contributed by atoms with Crippen LogP contribution >= 0.6 is 22.3 Å². The molecule has 1 aromatic heterocycles. The summed E-state index contributed by atoms with van der Waals surface area (Å²) in [6.45, 7) is 6.08. The predicted octanol–water partition coefficient (Wildman–Crippen LogP) is 5.04. The number of hydrogen-bond donors (Lipinski definition) is 1. The normalized spacial score (nSPS) is 23.9. The molecule has 36 heavy (non-hydrogen) atoms. The first-order chi connectivity index (χ1) is 17.2. The highest BCUT2D eigenvalue weighted by Gasteiger charge is 2.46. The number of ether oxygens (including phenoxy) is 1. The molecule has 0 aliphatic carbocycles. The molecule has 3 aliphatic heterocycles. The van der Waals surface area contributed by atoms with Gasteiger partial charge in [-0.2, -0.15) is 16.1 Å². The maximum Gasteiger partial charge on any atom is 0.261 e. The van der Waals surface area contributed by atoms with Crippen LogP contribution in [0, 0.1) is 5.82 Å². The Kier molecular flexibility index (Phi) is 8.13. The van der Waals surface area contributed by atoms with Crippen LogP contribution in [0.2, 0.25) is 0 Å². The fraction of sp³-hybridized carbons (Fsp3) is 0.480. The number of hydrogen-bond acceptors (Lipinski definition) is 7. The van der Waals surface area contributed by atoms with Crippen LogP contribution in [0.5, 0.6) is 5.88 Å². The fourth-order valence-corrected chi connectivity index (χ4v) is 6.53. The molecule has 1 atom stereocenters. The van der Waals surface area contributed by atoms with E-state index in [2.05, 4.69) is 21.5 Å². The summed E-state index contributed by atoms with van der Waals surface area (Å²) in [5, 5.41) is 0. The standard InChI is InChI=1S/C21H24FN3O5S.C4H8S/c1-5-28-18-11-17(15(22)12-23-18)25-16-7-6-13(10-14(16)21(2,3)20(25)27)19(26)24-31(4)9-8-29-30-31;1-2-4-5-3-1/h6-7,10-12H,5,8-9H2,1-4H3,(H,24,26);1-4H2. The van der Waals surface area contributed by atoms with Gasteiger partial charge in [0.15, 0.2) is 5.82 Å². The van der Waals surface area contributed by atoms with Crippen molar-refractivity contribution in [2.75, 3.05) is 41.6 Å². The Bertz CT molecular complexity index is 1130. The Morgan fingerprint density at radius 3 is 2.64 bits per heavy atom. The molecule has 3 aliphatic rings. The zero-order valence-electron chi connectivity index (χ0n) is 21.0. The summed E-state index contributed by atoms with van der Waals surface area (Å²) >= 11 is 2.07. The average molecular weight is 538 g/mol. The van der Waals surface area contributed by atoms with Gasteiger partial charge in [-0.25, -0.2) is 14.3 Å². The predicted molar refractivity (Wildman–Crippen MR) is 141 cm³/mol. The Balaban J connectivity index is 0.000000543. The molecule has 2 fully saturated rings. The van der Waals surface area contributed by atoms with Crippen molar-refractivity contribution in [2.24, 2.45) is 0 Å². The molecule has 0 radical (unpaired) electrons. The third kappa shape index (κ3) is 5.49. The molecule has 0 saturated carbocycles. The van der Waals surface area contributed by atoms with E-state index in [1.54, 1.807) is 39.0 Å². The molecule has 1 N–H and O–H groups in total. The van der Waals surface area contributed by atoms with Gasteiger partial charge >= 0.3 is 0 Å². The number of rotatable bonds is 5. The van der Waals surface area contributed by atoms with Crippen LogP contribution in [0.15, 0.2) is 30.5 Å². The van der Waals surface area contributed by atoms with E-state index in [0.717, 1.165) is 6.20 Å². The molecule has 196 valence electrons. The number of thioether (sulfide) groups is 1. The van der Waals surface area contributed by atoms with Crippen molar-refractivity contribution in [3.05, 3.63) is 47.4 Å². The number of nitrogens with one attached hydrogen (secondary N) is 1. The molecule has 0 bridgehead atoms. The Hall–Kier alpha value is -2.34. The third-order valence-corrected chi connectivity index (χ3v) is 9.26. The van der Waals surface area contributed by atoms with E-state index in [0.29, 0.717) is 35.8 Å². The van der Waals surface area contributed by atoms with E-state index in [1.165, 1.54) is 35.3 Å². The number of carbonyl (C=O) groups excluding carboxylic acids is 2. The number of aromatic nitrogens is 1. The van der Waals surface area contributed by atoms with Crippen molar-refractivity contribution in [2.45, 2.75) is 39.0 Å². The molecule has 2 amide bonds. The smallest absolute Gasteiger partial charge is 0.261 e. The molecule has 5 rings (SSSR count). The largest absolute Gasteiger partial charge is 0.478 e. The number of halogens is 1. The van der Waals surface area contributed by atoms with E-state index >= 15 is 0 Å². The highest BCUT2D eigenvalue weighted by Crippen LogP contribution is 2.48. The van der Waals surface area contributed by atoms with Crippen LogP contribution in [-0.2, 0) is 19.4 Å². The molecule has 2 saturated heterocycles. The molecule has 0 spiro atoms. The first-order valence-electron chi connectivity index (χ1n) is 11.9. The minimum absolute atomic E-state index is 0.0564. The van der Waals surface area contributed by atoms with Gasteiger partial charge in [0, 0.05) is 23.6 Å². The molecule has 1 aromatic carbocycles. The van der Waals surface area contributed by atoms with Gasteiger partial charge in [0.25, 0.3) is 5.91 Å². The van der Waals surface area contributed by atoms with Gasteiger partial charge in [0.2, 0.25) is 11.8 Å². The lowest BCUT2D eigenvalue weighted by atomic mass is 9.85. The summed E-state index contributed by atoms with van der Waals surface area (Å²) in [5.74, 6) is 2.39. The zero-order valence-corrected chi connectivity index (χ0v) is 22.6. The number of pyridine rings is 1. The molecule has 8 nitrogen and oxygen atoms in total. The van der Waals surface area contributed by atoms with Crippen LogP contribution in [-0.4, -0.2) is 53.5 Å². The van der Waals surface area contributed by atoms with Gasteiger partial charge in [0.1, 0.15) is 0 Å². The van der Waals surface area contributed by atoms with Gasteiger partial charge < -0.3 is 4.74 Å². The van der Waals surface area contributed by atoms with E-state index in [1.807, 2.05) is 6.26 Å². The highest BCUT2D eigenvalue weighted by atomic mass is 32.3. The molecule has 11 heteroatoms. The first kappa shape index (κ1) is 26.7. The van der Waals surface area contributed by atoms with Crippen LogP contribution in [0.25, 0.3) is 0 Å². The van der Waals surface area contributed by atoms with Crippen LogP contribution < -0.4 is 14.4 Å². The highest BCUT2D eigenvalue weighted by molar-refractivity contribution is 8.28. The molecule has 1 unspecified atom stereocenters. The SMILES string of the molecule is C1CCSC1.CCOc1cc(N2C(=O)C(C)(C)c3cc(C(=O)NS4(C)CCOO4)ccc32)c(F)cn1. The van der Waals surface area contributed by atoms with Gasteiger partial charge in [-0.05, 0) is 79.4 Å². The van der Waals surface area contributed by atoms with Crippen molar-refractivity contribution >= 4 is 45.4 Å². The number of amides is 2. The second-order valence-electron chi connectivity index (χ2n) is 9.25. The number of carbonyl (C=O) groups is 2. The van der Waals surface area contributed by atoms with Crippen molar-refractivity contribution in [1.29, 1.82) is 0 Å². The summed E-state index contributed by atoms with van der Waals surface area (Å²) in [6, 6.07) is 6.34. The summed E-state index contributed by atoms with van der Waals surface area (Å²) in [4.78, 5) is 36.3. The van der Waals surface area contributed by atoms with Gasteiger partial charge in [-0.15, -0.1) is 0 Å². The quantitative estimate of drug-likeness (QED) is 0.534. The van der Waals surface area contributed by atoms with E-state index in [-0.39, 0.29) is 23.4 Å². The lowest BCUT2D eigenvalue weighted by molar-refractivity contribution is -0.173. The minimum Gasteiger partial charge on any atom is -0.478 e. The van der Waals surface area contributed by atoms with E-state index in [9.17, 15) is 14.0 Å². The van der Waals surface area contributed by atoms with Crippen molar-refractivity contribution < 1.29 is 27.9 Å².